The molecule has 4 rings (SSSR count). The molecule has 4 atom stereocenters. The fourth-order valence-electron chi connectivity index (χ4n) is 6.04. The lowest BCUT2D eigenvalue weighted by molar-refractivity contribution is -0.148. The van der Waals surface area contributed by atoms with Gasteiger partial charge in [0.25, 0.3) is 0 Å². The number of cyclic esters (lactones) is 4. The zero-order chi connectivity index (χ0) is 51.5. The SMILES string of the molecule is C/C=C1\OC(=O)C(C(CCC)OC(C)=O)=C1Br.CCCC(Br)C1=C(Br)/C(=C(\C)Br)OC1=O.CCCC(OC(C)=O)C1=C(Br)/C(=C(\C)Br)OC1=O.CCCC(OC(C)=O)C1=C/C(=C(\C)Br)OC1=O. The van der Waals surface area contributed by atoms with Gasteiger partial charge in [-0.3, -0.25) is 14.4 Å². The van der Waals surface area contributed by atoms with Crippen LogP contribution in [0.15, 0.2) is 84.4 Å². The Morgan fingerprint density at radius 3 is 1.25 bits per heavy atom. The van der Waals surface area contributed by atoms with Crippen LogP contribution in [-0.4, -0.2) is 64.9 Å². The molecule has 0 radical (unpaired) electrons. The first-order valence-electron chi connectivity index (χ1n) is 21.0. The summed E-state index contributed by atoms with van der Waals surface area (Å²) in [4.78, 5) is 80.0. The second-order valence-corrected chi connectivity index (χ2v) is 21.6. The fraction of sp³-hybridized carbons (Fsp3) is 0.500. The van der Waals surface area contributed by atoms with Crippen molar-refractivity contribution in [2.24, 2.45) is 0 Å². The number of esters is 7. The van der Waals surface area contributed by atoms with Crippen LogP contribution >= 0.6 is 112 Å². The molecule has 0 fully saturated rings. The van der Waals surface area contributed by atoms with Gasteiger partial charge in [0.1, 0.15) is 29.8 Å². The highest BCUT2D eigenvalue weighted by molar-refractivity contribution is 9.13. The van der Waals surface area contributed by atoms with Gasteiger partial charge in [-0.25, -0.2) is 19.2 Å². The molecule has 4 aliphatic heterocycles. The Morgan fingerprint density at radius 2 is 0.910 bits per heavy atom. The Labute approximate surface area is 451 Å². The maximum atomic E-state index is 11.8. The van der Waals surface area contributed by atoms with Gasteiger partial charge in [-0.2, -0.15) is 0 Å². The van der Waals surface area contributed by atoms with E-state index in [-0.39, 0.29) is 10.8 Å². The van der Waals surface area contributed by atoms with Crippen LogP contribution < -0.4 is 0 Å². The van der Waals surface area contributed by atoms with E-state index in [9.17, 15) is 33.6 Å². The number of ether oxygens (including phenoxy) is 7. The van der Waals surface area contributed by atoms with Crippen molar-refractivity contribution in [3.05, 3.63) is 84.4 Å². The van der Waals surface area contributed by atoms with E-state index in [1.807, 2.05) is 27.7 Å². The second-order valence-electron chi connectivity index (χ2n) is 14.5. The minimum absolute atomic E-state index is 0.0497. The predicted octanol–water partition coefficient (Wildman–Crippen LogP) is 13.6. The van der Waals surface area contributed by atoms with Crippen LogP contribution in [0, 0.1) is 0 Å². The zero-order valence-corrected chi connectivity index (χ0v) is 50.1. The van der Waals surface area contributed by atoms with Crippen LogP contribution in [0.5, 0.6) is 0 Å². The summed E-state index contributed by atoms with van der Waals surface area (Å²) in [6.45, 7) is 19.1. The Hall–Kier alpha value is -2.43. The van der Waals surface area contributed by atoms with Crippen molar-refractivity contribution >= 4 is 153 Å². The van der Waals surface area contributed by atoms with Crippen molar-refractivity contribution in [3.63, 3.8) is 0 Å². The third-order valence-electron chi connectivity index (χ3n) is 8.95. The molecule has 0 aromatic heterocycles. The number of rotatable bonds is 15. The number of carbonyl (C=O) groups excluding carboxylic acids is 7. The predicted molar refractivity (Wildman–Crippen MR) is 278 cm³/mol. The third-order valence-corrected chi connectivity index (χ3v) is 13.4. The molecule has 4 heterocycles. The molecule has 14 nitrogen and oxygen atoms in total. The largest absolute Gasteiger partial charge is 0.457 e. The van der Waals surface area contributed by atoms with Gasteiger partial charge in [0, 0.05) is 39.0 Å². The summed E-state index contributed by atoms with van der Waals surface area (Å²) in [7, 11) is 0. The molecular weight excluding hydrogens is 1340 g/mol. The lowest BCUT2D eigenvalue weighted by Crippen LogP contribution is -2.22. The van der Waals surface area contributed by atoms with Gasteiger partial charge in [0.05, 0.1) is 35.7 Å². The molecule has 0 aromatic rings. The summed E-state index contributed by atoms with van der Waals surface area (Å²) in [6.07, 6.45) is 7.79. The van der Waals surface area contributed by atoms with Crippen molar-refractivity contribution < 1.29 is 66.7 Å². The standard InChI is InChI=1S/C12H14Br2O4.2C12H15BrO4.C10H11Br3O2/c1-4-5-8(17-7(3)15)9-10(14)11(6(2)13)18-12(9)16;1-4-5-10(16-8(3)14)9-6-11(7(2)13)17-12(9)15;1-4-6-9(16-7(3)14)10-11(13)8(5-2)17-12(10)15;1-3-4-6(12)7-8(13)9(5(2)11)15-10(7)14/h8H,4-5H2,1-3H3;6,10H,4-5H2,1-3H3;5,9H,4,6H2,1-3H3;6H,3-4H2,1-2H3/b11-6-;11-7-;8-5-;9-5-. The molecule has 0 N–H and O–H groups in total. The van der Waals surface area contributed by atoms with Crippen molar-refractivity contribution in [2.75, 3.05) is 0 Å². The van der Waals surface area contributed by atoms with Crippen molar-refractivity contribution in [2.45, 2.75) is 151 Å². The molecule has 0 saturated heterocycles. The molecule has 4 aliphatic rings. The second kappa shape index (κ2) is 31.0. The first-order chi connectivity index (χ1) is 31.3. The fourth-order valence-corrected chi connectivity index (χ4v) is 10.8. The van der Waals surface area contributed by atoms with Gasteiger partial charge < -0.3 is 33.2 Å². The summed E-state index contributed by atoms with van der Waals surface area (Å²) in [5, 5.41) is 0. The van der Waals surface area contributed by atoms with Crippen LogP contribution in [0.1, 0.15) is 128 Å². The van der Waals surface area contributed by atoms with Gasteiger partial charge in [0.15, 0.2) is 11.5 Å². The molecule has 21 heteroatoms. The smallest absolute Gasteiger partial charge is 0.344 e. The summed E-state index contributed by atoms with van der Waals surface area (Å²) in [5.41, 5.74) is 1.82. The van der Waals surface area contributed by atoms with E-state index in [1.54, 1.807) is 32.9 Å². The third kappa shape index (κ3) is 19.4. The lowest BCUT2D eigenvalue weighted by atomic mass is 10.1. The molecule has 4 unspecified atom stereocenters. The highest BCUT2D eigenvalue weighted by Gasteiger charge is 2.38. The van der Waals surface area contributed by atoms with E-state index in [0.717, 1.165) is 45.6 Å². The number of halogens is 7. The van der Waals surface area contributed by atoms with Crippen LogP contribution in [0.2, 0.25) is 0 Å². The monoisotopic (exact) mass is 1380 g/mol. The lowest BCUT2D eigenvalue weighted by Gasteiger charge is -2.15. The van der Waals surface area contributed by atoms with Gasteiger partial charge in [-0.15, -0.1) is 0 Å². The van der Waals surface area contributed by atoms with E-state index in [4.69, 9.17) is 33.2 Å². The van der Waals surface area contributed by atoms with Crippen molar-refractivity contribution in [1.29, 1.82) is 0 Å². The number of carbonyl (C=O) groups is 7. The van der Waals surface area contributed by atoms with Gasteiger partial charge >= 0.3 is 41.8 Å². The van der Waals surface area contributed by atoms with E-state index in [0.29, 0.717) is 78.0 Å². The average Bonchev–Trinajstić information content (AvgIpc) is 3.94. The molecule has 0 amide bonds. The number of allylic oxidation sites excluding steroid dienone is 8. The first kappa shape index (κ1) is 62.6. The highest BCUT2D eigenvalue weighted by Crippen LogP contribution is 2.40. The van der Waals surface area contributed by atoms with E-state index in [1.165, 1.54) is 20.8 Å². The van der Waals surface area contributed by atoms with E-state index in [2.05, 4.69) is 118 Å². The number of alkyl halides is 1. The quantitative estimate of drug-likeness (QED) is 0.0857. The molecule has 372 valence electrons. The molecule has 0 spiro atoms. The number of hydrogen-bond donors (Lipinski definition) is 0. The Morgan fingerprint density at radius 1 is 0.537 bits per heavy atom. The van der Waals surface area contributed by atoms with Crippen LogP contribution in [-0.2, 0) is 66.7 Å². The van der Waals surface area contributed by atoms with Crippen molar-refractivity contribution in [1.82, 2.24) is 0 Å². The molecule has 67 heavy (non-hydrogen) atoms. The maximum Gasteiger partial charge on any atom is 0.344 e. The van der Waals surface area contributed by atoms with Crippen LogP contribution in [0.25, 0.3) is 0 Å². The molecule has 0 bridgehead atoms. The maximum absolute atomic E-state index is 11.8. The molecule has 0 aromatic carbocycles. The normalized spacial score (nSPS) is 20.1. The topological polar surface area (TPSA) is 184 Å². The van der Waals surface area contributed by atoms with E-state index < -0.39 is 54.1 Å². The van der Waals surface area contributed by atoms with Gasteiger partial charge in [-0.1, -0.05) is 117 Å². The van der Waals surface area contributed by atoms with E-state index >= 15 is 0 Å². The highest BCUT2D eigenvalue weighted by atomic mass is 79.9. The Bertz CT molecular complexity index is 2170. The van der Waals surface area contributed by atoms with Gasteiger partial charge in [-0.05, 0) is 113 Å². The van der Waals surface area contributed by atoms with Crippen molar-refractivity contribution in [3.8, 4) is 0 Å². The molecule has 0 saturated carbocycles. The summed E-state index contributed by atoms with van der Waals surface area (Å²) in [6, 6.07) is 0. The summed E-state index contributed by atoms with van der Waals surface area (Å²) in [5.74, 6) is -0.912. The minimum Gasteiger partial charge on any atom is -0.457 e. The Balaban J connectivity index is 0.000000447. The molecule has 0 aliphatic carbocycles. The summed E-state index contributed by atoms with van der Waals surface area (Å²) < 4.78 is 40.0. The average molecular weight is 1390 g/mol. The van der Waals surface area contributed by atoms with Gasteiger partial charge in [0.2, 0.25) is 0 Å². The zero-order valence-electron chi connectivity index (χ0n) is 39.0. The summed E-state index contributed by atoms with van der Waals surface area (Å²) >= 11 is 23.3. The number of hydrogen-bond acceptors (Lipinski definition) is 14. The minimum atomic E-state index is -0.571. The Kier molecular flexibility index (Phi) is 29.0. The van der Waals surface area contributed by atoms with Crippen LogP contribution in [0.3, 0.4) is 0 Å². The molecular formula is C46H55Br7O14. The van der Waals surface area contributed by atoms with Crippen LogP contribution in [0.4, 0.5) is 0 Å². The first-order valence-corrected chi connectivity index (χ1v) is 26.7.